The van der Waals surface area contributed by atoms with Crippen molar-refractivity contribution < 1.29 is 9.53 Å². The largest absolute Gasteiger partial charge is 0.457 e. The number of ether oxygens (including phenoxy) is 1. The van der Waals surface area contributed by atoms with Crippen LogP contribution in [0, 0.1) is 0 Å². The van der Waals surface area contributed by atoms with Gasteiger partial charge in [-0.3, -0.25) is 4.79 Å². The molecule has 0 unspecified atom stereocenters. The molecule has 0 aliphatic heterocycles. The smallest absolute Gasteiger partial charge is 0.209 e. The van der Waals surface area contributed by atoms with E-state index < -0.39 is 0 Å². The zero-order valence-corrected chi connectivity index (χ0v) is 13.2. The van der Waals surface area contributed by atoms with Gasteiger partial charge in [0, 0.05) is 12.6 Å². The first-order valence-corrected chi connectivity index (χ1v) is 7.92. The third kappa shape index (κ3) is 3.95. The molecule has 116 valence electrons. The van der Waals surface area contributed by atoms with Crippen molar-refractivity contribution in [2.75, 3.05) is 5.75 Å². The van der Waals surface area contributed by atoms with Crippen LogP contribution in [0.5, 0.6) is 11.5 Å². The van der Waals surface area contributed by atoms with Gasteiger partial charge in [0.1, 0.15) is 11.5 Å². The monoisotopic (exact) mass is 326 g/mol. The molecule has 0 fully saturated rings. The van der Waals surface area contributed by atoms with Crippen LogP contribution in [0.2, 0.25) is 0 Å². The fourth-order valence-corrected chi connectivity index (χ4v) is 2.63. The first-order valence-electron chi connectivity index (χ1n) is 6.94. The van der Waals surface area contributed by atoms with Gasteiger partial charge in [0.2, 0.25) is 5.16 Å². The average molecular weight is 326 g/mol. The Labute approximate surface area is 137 Å². The van der Waals surface area contributed by atoms with Crippen molar-refractivity contribution in [3.05, 3.63) is 60.2 Å². The minimum absolute atomic E-state index is 0.0178. The third-order valence-corrected chi connectivity index (χ3v) is 4.08. The van der Waals surface area contributed by atoms with Crippen LogP contribution in [-0.2, 0) is 7.05 Å². The first kappa shape index (κ1) is 15.2. The molecule has 0 radical (unpaired) electrons. The van der Waals surface area contributed by atoms with Crippen molar-refractivity contribution in [1.82, 2.24) is 20.2 Å². The fraction of sp³-hybridized carbons (Fsp3) is 0.125. The molecule has 23 heavy (non-hydrogen) atoms. The highest BCUT2D eigenvalue weighted by Gasteiger charge is 2.10. The summed E-state index contributed by atoms with van der Waals surface area (Å²) in [5, 5.41) is 11.7. The average Bonchev–Trinajstić information content (AvgIpc) is 2.99. The molecule has 6 nitrogen and oxygen atoms in total. The number of tetrazole rings is 1. The summed E-state index contributed by atoms with van der Waals surface area (Å²) < 4.78 is 7.24. The molecule has 3 aromatic rings. The number of rotatable bonds is 6. The van der Waals surface area contributed by atoms with Gasteiger partial charge in [0.05, 0.1) is 5.75 Å². The molecular formula is C16H14N4O2S. The van der Waals surface area contributed by atoms with Gasteiger partial charge in [-0.2, -0.15) is 0 Å². The van der Waals surface area contributed by atoms with Gasteiger partial charge >= 0.3 is 0 Å². The molecule has 0 saturated heterocycles. The van der Waals surface area contributed by atoms with E-state index >= 15 is 0 Å². The van der Waals surface area contributed by atoms with Crippen LogP contribution < -0.4 is 4.74 Å². The van der Waals surface area contributed by atoms with E-state index in [9.17, 15) is 4.79 Å². The Morgan fingerprint density at radius 2 is 1.78 bits per heavy atom. The van der Waals surface area contributed by atoms with Gasteiger partial charge in [-0.25, -0.2) is 4.68 Å². The predicted molar refractivity (Wildman–Crippen MR) is 86.8 cm³/mol. The number of thioether (sulfide) groups is 1. The standard InChI is InChI=1S/C16H14N4O2S/c1-20-16(17-18-19-20)23-11-15(21)12-7-9-14(10-8-12)22-13-5-3-2-4-6-13/h2-10H,11H2,1H3. The number of hydrogen-bond donors (Lipinski definition) is 0. The lowest BCUT2D eigenvalue weighted by molar-refractivity contribution is 0.102. The third-order valence-electron chi connectivity index (χ3n) is 3.07. The summed E-state index contributed by atoms with van der Waals surface area (Å²) in [4.78, 5) is 12.2. The molecule has 0 spiro atoms. The minimum Gasteiger partial charge on any atom is -0.457 e. The van der Waals surface area contributed by atoms with Crippen LogP contribution in [0.25, 0.3) is 0 Å². The molecule has 0 atom stereocenters. The molecule has 1 heterocycles. The van der Waals surface area contributed by atoms with Gasteiger partial charge in [0.15, 0.2) is 5.78 Å². The van der Waals surface area contributed by atoms with Crippen molar-refractivity contribution in [3.63, 3.8) is 0 Å². The number of Topliss-reactive ketones (excluding diaryl/α,β-unsaturated/α-hetero) is 1. The van der Waals surface area contributed by atoms with E-state index in [1.807, 2.05) is 30.3 Å². The van der Waals surface area contributed by atoms with E-state index in [2.05, 4.69) is 15.5 Å². The summed E-state index contributed by atoms with van der Waals surface area (Å²) in [5.74, 6) is 1.76. The zero-order chi connectivity index (χ0) is 16.1. The van der Waals surface area contributed by atoms with E-state index in [0.29, 0.717) is 16.5 Å². The summed E-state index contributed by atoms with van der Waals surface area (Å²) in [6, 6.07) is 16.6. The lowest BCUT2D eigenvalue weighted by Crippen LogP contribution is -2.04. The second-order valence-corrected chi connectivity index (χ2v) is 5.68. The Bertz CT molecular complexity index is 787. The summed E-state index contributed by atoms with van der Waals surface area (Å²) in [6.45, 7) is 0. The zero-order valence-electron chi connectivity index (χ0n) is 12.4. The number of aromatic nitrogens is 4. The number of hydrogen-bond acceptors (Lipinski definition) is 6. The van der Waals surface area contributed by atoms with E-state index in [-0.39, 0.29) is 11.5 Å². The number of carbonyl (C=O) groups is 1. The second kappa shape index (κ2) is 7.06. The SMILES string of the molecule is Cn1nnnc1SCC(=O)c1ccc(Oc2ccccc2)cc1. The van der Waals surface area contributed by atoms with Crippen molar-refractivity contribution in [3.8, 4) is 11.5 Å². The second-order valence-electron chi connectivity index (χ2n) is 4.74. The Morgan fingerprint density at radius 1 is 1.09 bits per heavy atom. The van der Waals surface area contributed by atoms with Gasteiger partial charge in [0.25, 0.3) is 0 Å². The number of aryl methyl sites for hydroxylation is 1. The summed E-state index contributed by atoms with van der Waals surface area (Å²) in [7, 11) is 1.74. The molecule has 0 aliphatic carbocycles. The number of para-hydroxylation sites is 1. The number of benzene rings is 2. The van der Waals surface area contributed by atoms with Gasteiger partial charge < -0.3 is 4.74 Å². The van der Waals surface area contributed by atoms with Crippen LogP contribution in [-0.4, -0.2) is 31.7 Å². The van der Waals surface area contributed by atoms with E-state index in [4.69, 9.17) is 4.74 Å². The Balaban J connectivity index is 1.60. The molecule has 7 heteroatoms. The maximum absolute atomic E-state index is 12.2. The Kier molecular flexibility index (Phi) is 4.68. The maximum atomic E-state index is 12.2. The molecule has 0 amide bonds. The van der Waals surface area contributed by atoms with Crippen molar-refractivity contribution in [1.29, 1.82) is 0 Å². The quantitative estimate of drug-likeness (QED) is 0.512. The lowest BCUT2D eigenvalue weighted by Gasteiger charge is -2.06. The molecule has 0 aliphatic rings. The normalized spacial score (nSPS) is 10.5. The lowest BCUT2D eigenvalue weighted by atomic mass is 10.1. The van der Waals surface area contributed by atoms with Crippen LogP contribution in [0.4, 0.5) is 0 Å². The molecule has 3 rings (SSSR count). The first-order chi connectivity index (χ1) is 11.2. The number of ketones is 1. The van der Waals surface area contributed by atoms with Gasteiger partial charge in [-0.1, -0.05) is 30.0 Å². The van der Waals surface area contributed by atoms with E-state index in [1.54, 1.807) is 31.3 Å². The van der Waals surface area contributed by atoms with Crippen molar-refractivity contribution in [2.45, 2.75) is 5.16 Å². The summed E-state index contributed by atoms with van der Waals surface area (Å²) in [5.41, 5.74) is 0.632. The summed E-state index contributed by atoms with van der Waals surface area (Å²) in [6.07, 6.45) is 0. The molecule has 0 N–H and O–H groups in total. The summed E-state index contributed by atoms with van der Waals surface area (Å²) >= 11 is 1.31. The van der Waals surface area contributed by atoms with Crippen molar-refractivity contribution >= 4 is 17.5 Å². The molecule has 0 saturated carbocycles. The van der Waals surface area contributed by atoms with E-state index in [1.165, 1.54) is 16.4 Å². The topological polar surface area (TPSA) is 69.9 Å². The van der Waals surface area contributed by atoms with Crippen molar-refractivity contribution in [2.24, 2.45) is 7.05 Å². The highest BCUT2D eigenvalue weighted by molar-refractivity contribution is 7.99. The van der Waals surface area contributed by atoms with Gasteiger partial charge in [-0.05, 0) is 46.8 Å². The number of nitrogens with zero attached hydrogens (tertiary/aromatic N) is 4. The van der Waals surface area contributed by atoms with Crippen LogP contribution in [0.15, 0.2) is 59.8 Å². The molecule has 0 bridgehead atoms. The highest BCUT2D eigenvalue weighted by Crippen LogP contribution is 2.22. The molecule has 1 aromatic heterocycles. The maximum Gasteiger partial charge on any atom is 0.209 e. The van der Waals surface area contributed by atoms with E-state index in [0.717, 1.165) is 5.75 Å². The van der Waals surface area contributed by atoms with Crippen LogP contribution in [0.1, 0.15) is 10.4 Å². The Morgan fingerprint density at radius 3 is 2.43 bits per heavy atom. The fourth-order valence-electron chi connectivity index (χ4n) is 1.89. The van der Waals surface area contributed by atoms with Crippen LogP contribution >= 0.6 is 11.8 Å². The van der Waals surface area contributed by atoms with Crippen LogP contribution in [0.3, 0.4) is 0 Å². The highest BCUT2D eigenvalue weighted by atomic mass is 32.2. The molecular weight excluding hydrogens is 312 g/mol. The number of carbonyl (C=O) groups excluding carboxylic acids is 1. The van der Waals surface area contributed by atoms with Gasteiger partial charge in [-0.15, -0.1) is 5.10 Å². The molecule has 2 aromatic carbocycles. The predicted octanol–water partition coefficient (Wildman–Crippen LogP) is 2.98. The minimum atomic E-state index is 0.0178. The Hall–Kier alpha value is -2.67.